The van der Waals surface area contributed by atoms with Gasteiger partial charge in [-0.1, -0.05) is 19.1 Å². The van der Waals surface area contributed by atoms with Crippen LogP contribution in [0.1, 0.15) is 44.4 Å². The molecule has 1 N–H and O–H groups in total. The molecule has 1 rings (SSSR count). The molecule has 0 spiro atoms. The Morgan fingerprint density at radius 2 is 1.89 bits per heavy atom. The van der Waals surface area contributed by atoms with Crippen LogP contribution in [0.25, 0.3) is 0 Å². The van der Waals surface area contributed by atoms with Crippen molar-refractivity contribution in [2.75, 3.05) is 13.7 Å². The zero-order chi connectivity index (χ0) is 14.6. The van der Waals surface area contributed by atoms with Gasteiger partial charge in [0.25, 0.3) is 0 Å². The molecule has 0 aromatic heterocycles. The van der Waals surface area contributed by atoms with Gasteiger partial charge in [0.2, 0.25) is 0 Å². The Labute approximate surface area is 114 Å². The van der Waals surface area contributed by atoms with Gasteiger partial charge >= 0.3 is 0 Å². The quantitative estimate of drug-likeness (QED) is 0.851. The molecule has 0 heterocycles. The van der Waals surface area contributed by atoms with E-state index in [0.717, 1.165) is 0 Å². The Morgan fingerprint density at radius 1 is 1.26 bits per heavy atom. The summed E-state index contributed by atoms with van der Waals surface area (Å²) in [5, 5.41) is 3.05. The smallest absolute Gasteiger partial charge is 0.163 e. The molecule has 2 nitrogen and oxygen atoms in total. The van der Waals surface area contributed by atoms with Crippen molar-refractivity contribution in [2.45, 2.75) is 45.8 Å². The monoisotopic (exact) mass is 271 g/mol. The van der Waals surface area contributed by atoms with E-state index >= 15 is 0 Å². The van der Waals surface area contributed by atoms with E-state index in [1.807, 2.05) is 20.8 Å². The summed E-state index contributed by atoms with van der Waals surface area (Å²) in [7, 11) is 1.73. The highest BCUT2D eigenvalue weighted by Gasteiger charge is 2.35. The first-order valence-electron chi connectivity index (χ1n) is 6.67. The van der Waals surface area contributed by atoms with Crippen molar-refractivity contribution in [3.05, 3.63) is 34.9 Å². The maximum atomic E-state index is 14.1. The van der Waals surface area contributed by atoms with E-state index in [2.05, 4.69) is 5.32 Å². The number of rotatable bonds is 6. The van der Waals surface area contributed by atoms with Gasteiger partial charge in [0.05, 0.1) is 11.6 Å². The predicted octanol–water partition coefficient (Wildman–Crippen LogP) is 3.74. The van der Waals surface area contributed by atoms with Gasteiger partial charge in [0.15, 0.2) is 11.6 Å². The zero-order valence-corrected chi connectivity index (χ0v) is 12.3. The molecule has 0 aliphatic carbocycles. The summed E-state index contributed by atoms with van der Waals surface area (Å²) in [5.74, 6) is -1.58. The fourth-order valence-electron chi connectivity index (χ4n) is 2.39. The summed E-state index contributed by atoms with van der Waals surface area (Å²) in [4.78, 5) is 0. The van der Waals surface area contributed by atoms with Gasteiger partial charge in [-0.3, -0.25) is 0 Å². The summed E-state index contributed by atoms with van der Waals surface area (Å²) in [5.41, 5.74) is 0.0422. The first kappa shape index (κ1) is 16.1. The largest absolute Gasteiger partial charge is 0.374 e. The van der Waals surface area contributed by atoms with Crippen LogP contribution in [0.3, 0.4) is 0 Å². The lowest BCUT2D eigenvalue weighted by molar-refractivity contribution is -0.0555. The standard InChI is InChI=1S/C15H23F2NO/c1-6-15(4,19-7-2)14(18-5)11-9-8-10(3)12(16)13(11)17/h8-9,14,18H,6-7H2,1-5H3. The molecule has 2 atom stereocenters. The van der Waals surface area contributed by atoms with Crippen molar-refractivity contribution < 1.29 is 13.5 Å². The van der Waals surface area contributed by atoms with E-state index in [0.29, 0.717) is 24.2 Å². The van der Waals surface area contributed by atoms with Gasteiger partial charge < -0.3 is 10.1 Å². The van der Waals surface area contributed by atoms with Crippen molar-refractivity contribution in [2.24, 2.45) is 0 Å². The molecule has 0 saturated carbocycles. The third kappa shape index (κ3) is 3.12. The average Bonchev–Trinajstić information content (AvgIpc) is 2.39. The maximum Gasteiger partial charge on any atom is 0.163 e. The molecular weight excluding hydrogens is 248 g/mol. The van der Waals surface area contributed by atoms with Crippen molar-refractivity contribution in [1.29, 1.82) is 0 Å². The molecule has 19 heavy (non-hydrogen) atoms. The summed E-state index contributed by atoms with van der Waals surface area (Å²) < 4.78 is 33.6. The fourth-order valence-corrected chi connectivity index (χ4v) is 2.39. The minimum Gasteiger partial charge on any atom is -0.374 e. The summed E-state index contributed by atoms with van der Waals surface area (Å²) in [6, 6.07) is 2.83. The highest BCUT2D eigenvalue weighted by molar-refractivity contribution is 5.29. The Balaban J connectivity index is 3.27. The SMILES string of the molecule is CCOC(C)(CC)C(NC)c1ccc(C)c(F)c1F. The number of hydrogen-bond donors (Lipinski definition) is 1. The van der Waals surface area contributed by atoms with Crippen LogP contribution in [0.15, 0.2) is 12.1 Å². The van der Waals surface area contributed by atoms with Crippen molar-refractivity contribution >= 4 is 0 Å². The molecule has 0 bridgehead atoms. The van der Waals surface area contributed by atoms with Crippen LogP contribution in [-0.2, 0) is 4.74 Å². The highest BCUT2D eigenvalue weighted by atomic mass is 19.2. The van der Waals surface area contributed by atoms with E-state index < -0.39 is 23.3 Å². The fraction of sp³-hybridized carbons (Fsp3) is 0.600. The van der Waals surface area contributed by atoms with Gasteiger partial charge in [0.1, 0.15) is 0 Å². The number of benzene rings is 1. The predicted molar refractivity (Wildman–Crippen MR) is 73.2 cm³/mol. The Morgan fingerprint density at radius 3 is 2.37 bits per heavy atom. The summed E-state index contributed by atoms with van der Waals surface area (Å²) >= 11 is 0. The van der Waals surface area contributed by atoms with E-state index in [-0.39, 0.29) is 0 Å². The second-order valence-electron chi connectivity index (χ2n) is 4.92. The molecule has 0 radical (unpaired) electrons. The van der Waals surface area contributed by atoms with Crippen LogP contribution in [0.5, 0.6) is 0 Å². The van der Waals surface area contributed by atoms with Gasteiger partial charge in [-0.25, -0.2) is 8.78 Å². The average molecular weight is 271 g/mol. The first-order valence-corrected chi connectivity index (χ1v) is 6.67. The van der Waals surface area contributed by atoms with Gasteiger partial charge in [0, 0.05) is 12.2 Å². The van der Waals surface area contributed by atoms with Gasteiger partial charge in [-0.2, -0.15) is 0 Å². The molecule has 1 aromatic rings. The Hall–Kier alpha value is -1.00. The minimum atomic E-state index is -0.793. The third-order valence-corrected chi connectivity index (χ3v) is 3.69. The topological polar surface area (TPSA) is 21.3 Å². The normalized spacial score (nSPS) is 16.2. The molecular formula is C15H23F2NO. The van der Waals surface area contributed by atoms with E-state index in [1.54, 1.807) is 26.1 Å². The lowest BCUT2D eigenvalue weighted by Crippen LogP contribution is -2.42. The van der Waals surface area contributed by atoms with Gasteiger partial charge in [-0.05, 0) is 39.8 Å². The lowest BCUT2D eigenvalue weighted by Gasteiger charge is -2.37. The van der Waals surface area contributed by atoms with Crippen LogP contribution >= 0.6 is 0 Å². The van der Waals surface area contributed by atoms with E-state index in [4.69, 9.17) is 4.74 Å². The number of nitrogens with one attached hydrogen (secondary N) is 1. The molecule has 0 aliphatic rings. The van der Waals surface area contributed by atoms with Crippen LogP contribution in [0.2, 0.25) is 0 Å². The molecule has 1 aromatic carbocycles. The lowest BCUT2D eigenvalue weighted by atomic mass is 9.87. The Kier molecular flexibility index (Phi) is 5.44. The van der Waals surface area contributed by atoms with Crippen molar-refractivity contribution in [1.82, 2.24) is 5.32 Å². The van der Waals surface area contributed by atoms with E-state index in [1.165, 1.54) is 0 Å². The molecule has 0 fully saturated rings. The number of halogens is 2. The second kappa shape index (κ2) is 6.44. The molecule has 0 aliphatic heterocycles. The van der Waals surface area contributed by atoms with Crippen molar-refractivity contribution in [3.63, 3.8) is 0 Å². The molecule has 2 unspecified atom stereocenters. The van der Waals surface area contributed by atoms with Gasteiger partial charge in [-0.15, -0.1) is 0 Å². The summed E-state index contributed by atoms with van der Waals surface area (Å²) in [6.45, 7) is 7.86. The second-order valence-corrected chi connectivity index (χ2v) is 4.92. The number of ether oxygens (including phenoxy) is 1. The Bertz CT molecular complexity index is 436. The molecule has 0 saturated heterocycles. The zero-order valence-electron chi connectivity index (χ0n) is 12.3. The highest BCUT2D eigenvalue weighted by Crippen LogP contribution is 2.34. The van der Waals surface area contributed by atoms with Crippen molar-refractivity contribution in [3.8, 4) is 0 Å². The minimum absolute atomic E-state index is 0.309. The van der Waals surface area contributed by atoms with E-state index in [9.17, 15) is 8.78 Å². The van der Waals surface area contributed by atoms with Crippen LogP contribution in [0.4, 0.5) is 8.78 Å². The van der Waals surface area contributed by atoms with Crippen LogP contribution in [-0.4, -0.2) is 19.3 Å². The molecule has 108 valence electrons. The van der Waals surface area contributed by atoms with Crippen LogP contribution < -0.4 is 5.32 Å². The molecule has 4 heteroatoms. The number of hydrogen-bond acceptors (Lipinski definition) is 2. The maximum absolute atomic E-state index is 14.1. The first-order chi connectivity index (χ1) is 8.91. The number of aryl methyl sites for hydroxylation is 1. The summed E-state index contributed by atoms with van der Waals surface area (Å²) in [6.07, 6.45) is 0.696. The number of likely N-dealkylation sites (N-methyl/N-ethyl adjacent to an activating group) is 1. The third-order valence-electron chi connectivity index (χ3n) is 3.69. The molecule has 0 amide bonds. The van der Waals surface area contributed by atoms with Crippen LogP contribution in [0, 0.1) is 18.6 Å².